The van der Waals surface area contributed by atoms with E-state index in [9.17, 15) is 0 Å². The average molecular weight is 266 g/mol. The topological polar surface area (TPSA) is 38.5 Å². The molecular formula is C14H22N2OS. The maximum absolute atomic E-state index is 5.64. The molecule has 1 fully saturated rings. The van der Waals surface area contributed by atoms with Crippen LogP contribution in [0.4, 0.5) is 0 Å². The summed E-state index contributed by atoms with van der Waals surface area (Å²) in [5, 5.41) is 0. The number of ether oxygens (including phenoxy) is 1. The first-order valence-corrected chi connectivity index (χ1v) is 7.50. The second-order valence-corrected chi connectivity index (χ2v) is 5.86. The van der Waals surface area contributed by atoms with Gasteiger partial charge in [-0.15, -0.1) is 11.8 Å². The fourth-order valence-electron chi connectivity index (χ4n) is 2.05. The monoisotopic (exact) mass is 266 g/mol. The Morgan fingerprint density at radius 2 is 2.17 bits per heavy atom. The molecule has 18 heavy (non-hydrogen) atoms. The molecule has 3 nitrogen and oxygen atoms in total. The second-order valence-electron chi connectivity index (χ2n) is 4.69. The molecule has 1 atom stereocenters. The molecule has 2 N–H and O–H groups in total. The van der Waals surface area contributed by atoms with Crippen LogP contribution in [0.2, 0.25) is 0 Å². The quantitative estimate of drug-likeness (QED) is 0.824. The number of thioether (sulfide) groups is 1. The average Bonchev–Trinajstić information content (AvgIpc) is 2.41. The fourth-order valence-corrected chi connectivity index (χ4v) is 2.97. The molecule has 0 aliphatic carbocycles. The lowest BCUT2D eigenvalue weighted by molar-refractivity contribution is -0.0208. The van der Waals surface area contributed by atoms with Crippen LogP contribution in [0.1, 0.15) is 5.56 Å². The van der Waals surface area contributed by atoms with Crippen molar-refractivity contribution < 1.29 is 4.74 Å². The first-order chi connectivity index (χ1) is 8.78. The van der Waals surface area contributed by atoms with Crippen molar-refractivity contribution in [1.29, 1.82) is 0 Å². The highest BCUT2D eigenvalue weighted by molar-refractivity contribution is 7.99. The van der Waals surface area contributed by atoms with E-state index in [-0.39, 0.29) is 6.10 Å². The number of nitrogens with two attached hydrogens (primary N) is 1. The molecule has 2 rings (SSSR count). The second kappa shape index (κ2) is 7.14. The molecule has 1 unspecified atom stereocenters. The third-order valence-corrected chi connectivity index (χ3v) is 4.18. The molecule has 1 aliphatic rings. The van der Waals surface area contributed by atoms with Gasteiger partial charge in [0.15, 0.2) is 0 Å². The number of morpholine rings is 1. The third-order valence-electron chi connectivity index (χ3n) is 3.18. The molecule has 0 aromatic heterocycles. The minimum absolute atomic E-state index is 0.225. The smallest absolute Gasteiger partial charge is 0.0824 e. The SMILES string of the molecule is Cc1ccc(SCCN2CCOC(CN)C2)cc1. The Morgan fingerprint density at radius 3 is 2.89 bits per heavy atom. The number of hydrogen-bond acceptors (Lipinski definition) is 4. The van der Waals surface area contributed by atoms with Crippen molar-refractivity contribution >= 4 is 11.8 Å². The van der Waals surface area contributed by atoms with Crippen LogP contribution in [0.25, 0.3) is 0 Å². The summed E-state index contributed by atoms with van der Waals surface area (Å²) in [6, 6.07) is 8.73. The van der Waals surface area contributed by atoms with Gasteiger partial charge in [0.25, 0.3) is 0 Å². The number of nitrogens with zero attached hydrogens (tertiary/aromatic N) is 1. The molecule has 100 valence electrons. The van der Waals surface area contributed by atoms with Crippen molar-refractivity contribution in [2.75, 3.05) is 38.5 Å². The van der Waals surface area contributed by atoms with Crippen LogP contribution in [0.5, 0.6) is 0 Å². The fraction of sp³-hybridized carbons (Fsp3) is 0.571. The standard InChI is InChI=1S/C14H22N2OS/c1-12-2-4-14(5-3-12)18-9-7-16-6-8-17-13(10-15)11-16/h2-5,13H,6-11,15H2,1H3. The Bertz CT molecular complexity index is 355. The first kappa shape index (κ1) is 13.9. The Hall–Kier alpha value is -0.550. The molecule has 1 aromatic carbocycles. The van der Waals surface area contributed by atoms with Crippen molar-refractivity contribution in [3.63, 3.8) is 0 Å². The molecule has 0 saturated carbocycles. The minimum Gasteiger partial charge on any atom is -0.374 e. The predicted molar refractivity (Wildman–Crippen MR) is 77.1 cm³/mol. The van der Waals surface area contributed by atoms with Gasteiger partial charge in [0.05, 0.1) is 12.7 Å². The van der Waals surface area contributed by atoms with E-state index in [4.69, 9.17) is 10.5 Å². The van der Waals surface area contributed by atoms with Gasteiger partial charge < -0.3 is 10.5 Å². The first-order valence-electron chi connectivity index (χ1n) is 6.51. The summed E-state index contributed by atoms with van der Waals surface area (Å²) in [6.07, 6.45) is 0.225. The van der Waals surface area contributed by atoms with Gasteiger partial charge >= 0.3 is 0 Å². The molecule has 1 aliphatic heterocycles. The van der Waals surface area contributed by atoms with Gasteiger partial charge in [0, 0.05) is 36.8 Å². The summed E-state index contributed by atoms with van der Waals surface area (Å²) >= 11 is 1.92. The molecule has 1 aromatic rings. The lowest BCUT2D eigenvalue weighted by Crippen LogP contribution is -2.46. The summed E-state index contributed by atoms with van der Waals surface area (Å²) in [5.41, 5.74) is 6.96. The molecule has 0 spiro atoms. The van der Waals surface area contributed by atoms with Crippen molar-refractivity contribution in [3.05, 3.63) is 29.8 Å². The van der Waals surface area contributed by atoms with Crippen LogP contribution < -0.4 is 5.73 Å². The Kier molecular flexibility index (Phi) is 5.50. The Labute approximate surface area is 114 Å². The van der Waals surface area contributed by atoms with Gasteiger partial charge in [-0.05, 0) is 19.1 Å². The number of rotatable bonds is 5. The van der Waals surface area contributed by atoms with Gasteiger partial charge in [0.2, 0.25) is 0 Å². The highest BCUT2D eigenvalue weighted by Gasteiger charge is 2.18. The highest BCUT2D eigenvalue weighted by Crippen LogP contribution is 2.18. The van der Waals surface area contributed by atoms with Crippen LogP contribution in [0.15, 0.2) is 29.2 Å². The predicted octanol–water partition coefficient (Wildman–Crippen LogP) is 1.75. The van der Waals surface area contributed by atoms with Crippen LogP contribution >= 0.6 is 11.8 Å². The Morgan fingerprint density at radius 1 is 1.39 bits per heavy atom. The zero-order valence-electron chi connectivity index (χ0n) is 11.0. The van der Waals surface area contributed by atoms with Crippen LogP contribution in [0, 0.1) is 6.92 Å². The molecule has 4 heteroatoms. The summed E-state index contributed by atoms with van der Waals surface area (Å²) in [7, 11) is 0. The van der Waals surface area contributed by atoms with E-state index in [1.807, 2.05) is 11.8 Å². The van der Waals surface area contributed by atoms with Crippen LogP contribution in [-0.4, -0.2) is 49.5 Å². The zero-order chi connectivity index (χ0) is 12.8. The highest BCUT2D eigenvalue weighted by atomic mass is 32.2. The largest absolute Gasteiger partial charge is 0.374 e. The summed E-state index contributed by atoms with van der Waals surface area (Å²) < 4.78 is 5.56. The summed E-state index contributed by atoms with van der Waals surface area (Å²) in [4.78, 5) is 3.80. The van der Waals surface area contributed by atoms with E-state index in [0.29, 0.717) is 6.54 Å². The molecule has 1 saturated heterocycles. The van der Waals surface area contributed by atoms with Gasteiger partial charge in [-0.3, -0.25) is 4.90 Å². The zero-order valence-corrected chi connectivity index (χ0v) is 11.8. The van der Waals surface area contributed by atoms with E-state index in [0.717, 1.165) is 32.0 Å². The van der Waals surface area contributed by atoms with Crippen molar-refractivity contribution in [2.45, 2.75) is 17.9 Å². The number of benzene rings is 1. The van der Waals surface area contributed by atoms with Gasteiger partial charge in [-0.1, -0.05) is 17.7 Å². The number of hydrogen-bond donors (Lipinski definition) is 1. The van der Waals surface area contributed by atoms with E-state index in [1.54, 1.807) is 0 Å². The molecule has 0 radical (unpaired) electrons. The maximum Gasteiger partial charge on any atom is 0.0824 e. The third kappa shape index (κ3) is 4.28. The van der Waals surface area contributed by atoms with E-state index in [1.165, 1.54) is 10.5 Å². The molecule has 0 amide bonds. The van der Waals surface area contributed by atoms with Crippen molar-refractivity contribution in [2.24, 2.45) is 5.73 Å². The van der Waals surface area contributed by atoms with Crippen molar-refractivity contribution in [3.8, 4) is 0 Å². The molecule has 0 bridgehead atoms. The van der Waals surface area contributed by atoms with Crippen LogP contribution in [-0.2, 0) is 4.74 Å². The summed E-state index contributed by atoms with van der Waals surface area (Å²) in [5.74, 6) is 1.13. The lowest BCUT2D eigenvalue weighted by Gasteiger charge is -2.32. The van der Waals surface area contributed by atoms with E-state index in [2.05, 4.69) is 36.1 Å². The van der Waals surface area contributed by atoms with Gasteiger partial charge in [-0.2, -0.15) is 0 Å². The van der Waals surface area contributed by atoms with Gasteiger partial charge in [-0.25, -0.2) is 0 Å². The minimum atomic E-state index is 0.225. The van der Waals surface area contributed by atoms with Gasteiger partial charge in [0.1, 0.15) is 0 Å². The molecular weight excluding hydrogens is 244 g/mol. The summed E-state index contributed by atoms with van der Waals surface area (Å²) in [6.45, 7) is 6.68. The van der Waals surface area contributed by atoms with Crippen molar-refractivity contribution in [1.82, 2.24) is 4.90 Å². The normalized spacial score (nSPS) is 21.1. The Balaban J connectivity index is 1.70. The number of aryl methyl sites for hydroxylation is 1. The maximum atomic E-state index is 5.64. The van der Waals surface area contributed by atoms with E-state index >= 15 is 0 Å². The van der Waals surface area contributed by atoms with Crippen LogP contribution in [0.3, 0.4) is 0 Å². The van der Waals surface area contributed by atoms with E-state index < -0.39 is 0 Å². The lowest BCUT2D eigenvalue weighted by atomic mass is 10.2. The molecule has 1 heterocycles.